The third-order valence-electron chi connectivity index (χ3n) is 3.98. The molecule has 3 nitrogen and oxygen atoms in total. The molecule has 30 heavy (non-hydrogen) atoms. The molecule has 0 saturated carbocycles. The van der Waals surface area contributed by atoms with Crippen LogP contribution in [-0.4, -0.2) is 16.6 Å². The van der Waals surface area contributed by atoms with Gasteiger partial charge in [0.25, 0.3) is 0 Å². The minimum Gasteiger partial charge on any atom is -0.386 e. The third kappa shape index (κ3) is 8.36. The van der Waals surface area contributed by atoms with E-state index in [2.05, 4.69) is 83.6 Å². The first-order valence-electron chi connectivity index (χ1n) is 11.4. The number of anilines is 1. The van der Waals surface area contributed by atoms with Gasteiger partial charge in [0.2, 0.25) is 0 Å². The number of nitrogens with one attached hydrogen (secondary N) is 2. The van der Waals surface area contributed by atoms with E-state index in [1.54, 1.807) is 0 Å². The van der Waals surface area contributed by atoms with E-state index in [-0.39, 0.29) is 0 Å². The fourth-order valence-electron chi connectivity index (χ4n) is 2.78. The van der Waals surface area contributed by atoms with E-state index in [4.69, 9.17) is 0 Å². The molecule has 0 bridgehead atoms. The Bertz CT molecular complexity index is 901. The first-order chi connectivity index (χ1) is 14.7. The lowest BCUT2D eigenvalue weighted by Gasteiger charge is -1.94. The molecule has 0 saturated heterocycles. The first-order valence-corrected chi connectivity index (χ1v) is 11.4. The molecule has 0 radical (unpaired) electrons. The molecule has 0 atom stereocenters. The maximum absolute atomic E-state index is 3.17. The maximum atomic E-state index is 3.17. The normalized spacial score (nSPS) is 8.50. The van der Waals surface area contributed by atoms with E-state index in [0.717, 1.165) is 0 Å². The van der Waals surface area contributed by atoms with Crippen molar-refractivity contribution in [2.75, 3.05) is 12.4 Å². The SMILES string of the molecule is CC.CC.CC.CC.CNc1cn(C)c2ccccc12.Cc1cccc2[nH]ccc12. The molecule has 4 rings (SSSR count). The van der Waals surface area contributed by atoms with Crippen LogP contribution in [0.1, 0.15) is 61.0 Å². The number of hydrogen-bond donors (Lipinski definition) is 2. The molecule has 4 aromatic rings. The van der Waals surface area contributed by atoms with Crippen LogP contribution in [0.5, 0.6) is 0 Å². The Balaban J connectivity index is 0. The zero-order valence-corrected chi connectivity index (χ0v) is 21.2. The number of aromatic nitrogens is 2. The Morgan fingerprint density at radius 2 is 1.33 bits per heavy atom. The topological polar surface area (TPSA) is 32.8 Å². The van der Waals surface area contributed by atoms with Crippen molar-refractivity contribution in [1.29, 1.82) is 0 Å². The van der Waals surface area contributed by atoms with Crippen molar-refractivity contribution in [3.63, 3.8) is 0 Å². The van der Waals surface area contributed by atoms with Crippen LogP contribution in [0.4, 0.5) is 5.69 Å². The highest BCUT2D eigenvalue weighted by Crippen LogP contribution is 2.23. The third-order valence-corrected chi connectivity index (χ3v) is 3.98. The molecule has 2 aromatic heterocycles. The number of benzene rings is 2. The fraction of sp³-hybridized carbons (Fsp3) is 0.407. The summed E-state index contributed by atoms with van der Waals surface area (Å²) in [6, 6.07) is 16.7. The first kappa shape index (κ1) is 29.5. The molecule has 0 aliphatic rings. The van der Waals surface area contributed by atoms with Crippen LogP contribution >= 0.6 is 0 Å². The van der Waals surface area contributed by atoms with Crippen molar-refractivity contribution in [2.24, 2.45) is 7.05 Å². The van der Waals surface area contributed by atoms with Crippen molar-refractivity contribution in [3.8, 4) is 0 Å². The van der Waals surface area contributed by atoms with Gasteiger partial charge in [-0.25, -0.2) is 0 Å². The summed E-state index contributed by atoms with van der Waals surface area (Å²) in [4.78, 5) is 3.16. The molecule has 0 spiro atoms. The van der Waals surface area contributed by atoms with Crippen LogP contribution < -0.4 is 5.32 Å². The standard InChI is InChI=1S/C10H12N2.C9H9N.4C2H6/c1-11-9-7-12(2)10-6-4-3-5-8(9)10;1-7-3-2-4-9-8(7)5-6-10-9;4*1-2/h3-7,11H,1-2H3;2-6,10H,1H3;4*1-2H3. The van der Waals surface area contributed by atoms with E-state index >= 15 is 0 Å². The molecule has 2 N–H and O–H groups in total. The smallest absolute Gasteiger partial charge is 0.0597 e. The number of nitrogens with zero attached hydrogens (tertiary/aromatic N) is 1. The molecule has 0 aliphatic heterocycles. The summed E-state index contributed by atoms with van der Waals surface area (Å²) in [6.45, 7) is 18.1. The Kier molecular flexibility index (Phi) is 18.1. The molecule has 168 valence electrons. The van der Waals surface area contributed by atoms with Gasteiger partial charge in [0, 0.05) is 48.3 Å². The molecule has 2 aromatic carbocycles. The van der Waals surface area contributed by atoms with Gasteiger partial charge < -0.3 is 14.9 Å². The minimum absolute atomic E-state index is 1.19. The van der Waals surface area contributed by atoms with Crippen molar-refractivity contribution < 1.29 is 0 Å². The molecule has 0 fully saturated rings. The zero-order valence-electron chi connectivity index (χ0n) is 21.2. The van der Waals surface area contributed by atoms with E-state index in [0.29, 0.717) is 0 Å². The number of fused-ring (bicyclic) bond motifs is 2. The van der Waals surface area contributed by atoms with Crippen LogP contribution in [0.3, 0.4) is 0 Å². The number of H-pyrrole nitrogens is 1. The van der Waals surface area contributed by atoms with Gasteiger partial charge in [-0.15, -0.1) is 0 Å². The van der Waals surface area contributed by atoms with Gasteiger partial charge in [0.1, 0.15) is 0 Å². The lowest BCUT2D eigenvalue weighted by atomic mass is 10.1. The highest BCUT2D eigenvalue weighted by Gasteiger charge is 2.02. The number of aryl methyl sites for hydroxylation is 2. The predicted octanol–water partition coefficient (Wildman–Crippen LogP) is 8.80. The van der Waals surface area contributed by atoms with Crippen LogP contribution in [0.25, 0.3) is 21.8 Å². The highest BCUT2D eigenvalue weighted by molar-refractivity contribution is 5.92. The largest absolute Gasteiger partial charge is 0.386 e. The number of rotatable bonds is 1. The Hall–Kier alpha value is -2.68. The summed E-state index contributed by atoms with van der Waals surface area (Å²) in [7, 11) is 4.00. The minimum atomic E-state index is 1.19. The van der Waals surface area contributed by atoms with Gasteiger partial charge in [0.05, 0.1) is 5.69 Å². The maximum Gasteiger partial charge on any atom is 0.0597 e. The average molecular weight is 412 g/mol. The summed E-state index contributed by atoms with van der Waals surface area (Å²) in [5.41, 5.74) is 5.01. The molecule has 0 aliphatic carbocycles. The summed E-state index contributed by atoms with van der Waals surface area (Å²) in [6.07, 6.45) is 4.07. The molecule has 0 unspecified atom stereocenters. The van der Waals surface area contributed by atoms with E-state index in [1.807, 2.05) is 68.6 Å². The van der Waals surface area contributed by atoms with Crippen molar-refractivity contribution in [1.82, 2.24) is 9.55 Å². The van der Waals surface area contributed by atoms with Crippen LogP contribution in [0.2, 0.25) is 0 Å². The van der Waals surface area contributed by atoms with Crippen molar-refractivity contribution in [3.05, 3.63) is 66.5 Å². The monoisotopic (exact) mass is 411 g/mol. The Morgan fingerprint density at radius 1 is 0.733 bits per heavy atom. The predicted molar refractivity (Wildman–Crippen MR) is 141 cm³/mol. The van der Waals surface area contributed by atoms with Crippen molar-refractivity contribution >= 4 is 27.5 Å². The molecule has 3 heteroatoms. The van der Waals surface area contributed by atoms with E-state index < -0.39 is 0 Å². The zero-order chi connectivity index (χ0) is 23.5. The molecule has 2 heterocycles. The van der Waals surface area contributed by atoms with E-state index in [1.165, 1.54) is 33.1 Å². The second-order valence-corrected chi connectivity index (χ2v) is 5.43. The van der Waals surface area contributed by atoms with Gasteiger partial charge in [0.15, 0.2) is 0 Å². The summed E-state index contributed by atoms with van der Waals surface area (Å²) >= 11 is 0. The lowest BCUT2D eigenvalue weighted by Crippen LogP contribution is -1.84. The van der Waals surface area contributed by atoms with Crippen LogP contribution in [0, 0.1) is 6.92 Å². The second kappa shape index (κ2) is 18.4. The van der Waals surface area contributed by atoms with Crippen LogP contribution in [0.15, 0.2) is 60.9 Å². The lowest BCUT2D eigenvalue weighted by molar-refractivity contribution is 0.969. The quantitative estimate of drug-likeness (QED) is 0.322. The highest BCUT2D eigenvalue weighted by atomic mass is 15.0. The van der Waals surface area contributed by atoms with Crippen LogP contribution in [-0.2, 0) is 7.05 Å². The number of hydrogen-bond acceptors (Lipinski definition) is 1. The van der Waals surface area contributed by atoms with E-state index in [9.17, 15) is 0 Å². The summed E-state index contributed by atoms with van der Waals surface area (Å²) in [5.74, 6) is 0. The summed E-state index contributed by atoms with van der Waals surface area (Å²) < 4.78 is 2.13. The van der Waals surface area contributed by atoms with Gasteiger partial charge in [-0.3, -0.25) is 0 Å². The van der Waals surface area contributed by atoms with Gasteiger partial charge in [-0.05, 0) is 30.7 Å². The number of para-hydroxylation sites is 1. The molecular formula is C27H45N3. The second-order valence-electron chi connectivity index (χ2n) is 5.43. The average Bonchev–Trinajstić information content (AvgIpc) is 3.45. The molecular weight excluding hydrogens is 366 g/mol. The van der Waals surface area contributed by atoms with Gasteiger partial charge >= 0.3 is 0 Å². The number of aromatic amines is 1. The Labute approximate surface area is 185 Å². The molecule has 0 amide bonds. The fourth-order valence-corrected chi connectivity index (χ4v) is 2.78. The Morgan fingerprint density at radius 3 is 1.90 bits per heavy atom. The summed E-state index contributed by atoms with van der Waals surface area (Å²) in [5, 5.41) is 5.77. The van der Waals surface area contributed by atoms with Gasteiger partial charge in [-0.1, -0.05) is 85.7 Å². The van der Waals surface area contributed by atoms with Crippen molar-refractivity contribution in [2.45, 2.75) is 62.3 Å². The van der Waals surface area contributed by atoms with Gasteiger partial charge in [-0.2, -0.15) is 0 Å².